The highest BCUT2D eigenvalue weighted by molar-refractivity contribution is 7.10. The minimum atomic E-state index is 0.237. The Balaban J connectivity index is 2.30. The van der Waals surface area contributed by atoms with Crippen molar-refractivity contribution in [3.05, 3.63) is 45.6 Å². The Kier molecular flexibility index (Phi) is 5.65. The number of rotatable bonds is 7. The molecule has 1 atom stereocenters. The van der Waals surface area contributed by atoms with Crippen LogP contribution >= 0.6 is 11.3 Å². The lowest BCUT2D eigenvalue weighted by Crippen LogP contribution is -2.22. The fraction of sp³-hybridized carbons (Fsp3) is 0.412. The van der Waals surface area contributed by atoms with Crippen molar-refractivity contribution in [3.8, 4) is 11.5 Å². The molecule has 3 nitrogen and oxygen atoms in total. The Bertz CT molecular complexity index is 580. The van der Waals surface area contributed by atoms with E-state index in [4.69, 9.17) is 9.47 Å². The first-order valence-corrected chi connectivity index (χ1v) is 8.05. The molecule has 2 aromatic rings. The molecular formula is C17H23NO2S. The first-order chi connectivity index (χ1) is 10.2. The van der Waals surface area contributed by atoms with Gasteiger partial charge < -0.3 is 14.8 Å². The number of hydrogen-bond acceptors (Lipinski definition) is 4. The maximum absolute atomic E-state index is 5.50. The van der Waals surface area contributed by atoms with E-state index in [-0.39, 0.29) is 6.04 Å². The molecule has 114 valence electrons. The van der Waals surface area contributed by atoms with Gasteiger partial charge in [-0.05, 0) is 43.0 Å². The van der Waals surface area contributed by atoms with Gasteiger partial charge in [0.2, 0.25) is 0 Å². The number of aryl methyl sites for hydroxylation is 1. The van der Waals surface area contributed by atoms with Crippen LogP contribution < -0.4 is 14.8 Å². The molecule has 1 unspecified atom stereocenters. The topological polar surface area (TPSA) is 30.5 Å². The monoisotopic (exact) mass is 305 g/mol. The van der Waals surface area contributed by atoms with Crippen LogP contribution in [0.15, 0.2) is 29.6 Å². The van der Waals surface area contributed by atoms with E-state index in [1.54, 1.807) is 25.6 Å². The zero-order chi connectivity index (χ0) is 15.2. The molecule has 1 aromatic carbocycles. The fourth-order valence-corrected chi connectivity index (χ4v) is 3.46. The summed E-state index contributed by atoms with van der Waals surface area (Å²) in [6.07, 6.45) is 0.884. The number of benzene rings is 1. The molecular weight excluding hydrogens is 282 g/mol. The summed E-state index contributed by atoms with van der Waals surface area (Å²) in [7, 11) is 3.45. The number of thiophene rings is 1. The summed E-state index contributed by atoms with van der Waals surface area (Å²) in [6.45, 7) is 5.15. The van der Waals surface area contributed by atoms with Gasteiger partial charge in [0.05, 0.1) is 19.1 Å². The van der Waals surface area contributed by atoms with E-state index in [2.05, 4.69) is 36.7 Å². The Morgan fingerprint density at radius 3 is 2.57 bits per heavy atom. The third-order valence-electron chi connectivity index (χ3n) is 3.50. The summed E-state index contributed by atoms with van der Waals surface area (Å²) in [5, 5.41) is 5.63. The molecule has 0 radical (unpaired) electrons. The summed E-state index contributed by atoms with van der Waals surface area (Å²) < 4.78 is 11.0. The maximum atomic E-state index is 5.50. The molecule has 0 saturated carbocycles. The molecule has 21 heavy (non-hydrogen) atoms. The second kappa shape index (κ2) is 7.48. The van der Waals surface area contributed by atoms with Crippen molar-refractivity contribution in [2.45, 2.75) is 26.3 Å². The number of methoxy groups -OCH3 is 2. The van der Waals surface area contributed by atoms with Gasteiger partial charge in [-0.3, -0.25) is 0 Å². The van der Waals surface area contributed by atoms with E-state index in [0.29, 0.717) is 0 Å². The van der Waals surface area contributed by atoms with Crippen molar-refractivity contribution < 1.29 is 9.47 Å². The van der Waals surface area contributed by atoms with E-state index in [0.717, 1.165) is 24.5 Å². The van der Waals surface area contributed by atoms with Crippen LogP contribution in [0, 0.1) is 6.92 Å². The third kappa shape index (κ3) is 3.77. The molecule has 0 aliphatic rings. The van der Waals surface area contributed by atoms with Crippen LogP contribution in [0.2, 0.25) is 0 Å². The predicted molar refractivity (Wildman–Crippen MR) is 88.7 cm³/mol. The van der Waals surface area contributed by atoms with Crippen molar-refractivity contribution in [1.82, 2.24) is 5.32 Å². The lowest BCUT2D eigenvalue weighted by molar-refractivity contribution is 0.396. The lowest BCUT2D eigenvalue weighted by atomic mass is 10.0. The quantitative estimate of drug-likeness (QED) is 0.839. The van der Waals surface area contributed by atoms with Crippen molar-refractivity contribution >= 4 is 11.3 Å². The Morgan fingerprint density at radius 1 is 1.14 bits per heavy atom. The summed E-state index contributed by atoms with van der Waals surface area (Å²) in [5.74, 6) is 1.90. The summed E-state index contributed by atoms with van der Waals surface area (Å²) in [6, 6.07) is 8.58. The summed E-state index contributed by atoms with van der Waals surface area (Å²) in [4.78, 5) is 1.24. The largest absolute Gasteiger partial charge is 0.496 e. The van der Waals surface area contributed by atoms with Crippen molar-refractivity contribution in [1.29, 1.82) is 0 Å². The standard InChI is InChI=1S/C17H23NO2S/c1-5-18-14(17-16(20-4)8-9-21-17)11-13-10-12(2)6-7-15(13)19-3/h6-10,14,18H,5,11H2,1-4H3. The molecule has 1 heterocycles. The lowest BCUT2D eigenvalue weighted by Gasteiger charge is -2.20. The Hall–Kier alpha value is -1.52. The van der Waals surface area contributed by atoms with E-state index in [9.17, 15) is 0 Å². The molecule has 0 bridgehead atoms. The van der Waals surface area contributed by atoms with Crippen molar-refractivity contribution in [2.75, 3.05) is 20.8 Å². The average Bonchev–Trinajstić information content (AvgIpc) is 2.95. The van der Waals surface area contributed by atoms with E-state index in [1.807, 2.05) is 12.1 Å². The minimum absolute atomic E-state index is 0.237. The van der Waals surface area contributed by atoms with Crippen LogP contribution in [0.4, 0.5) is 0 Å². The third-order valence-corrected chi connectivity index (χ3v) is 4.52. The van der Waals surface area contributed by atoms with Gasteiger partial charge in [0.1, 0.15) is 11.5 Å². The molecule has 0 aliphatic heterocycles. The average molecular weight is 305 g/mol. The molecule has 2 rings (SSSR count). The van der Waals surface area contributed by atoms with Crippen LogP contribution in [0.1, 0.15) is 29.0 Å². The minimum Gasteiger partial charge on any atom is -0.496 e. The van der Waals surface area contributed by atoms with Gasteiger partial charge in [0.15, 0.2) is 0 Å². The van der Waals surface area contributed by atoms with Crippen molar-refractivity contribution in [2.24, 2.45) is 0 Å². The highest BCUT2D eigenvalue weighted by Crippen LogP contribution is 2.34. The molecule has 0 aliphatic carbocycles. The second-order valence-electron chi connectivity index (χ2n) is 4.98. The van der Waals surface area contributed by atoms with Gasteiger partial charge in [-0.2, -0.15) is 0 Å². The van der Waals surface area contributed by atoms with E-state index < -0.39 is 0 Å². The Labute approximate surface area is 130 Å². The predicted octanol–water partition coefficient (Wildman–Crippen LogP) is 3.97. The molecule has 1 N–H and O–H groups in total. The number of likely N-dealkylation sites (N-methyl/N-ethyl adjacent to an activating group) is 1. The fourth-order valence-electron chi connectivity index (χ4n) is 2.52. The van der Waals surface area contributed by atoms with Crippen LogP contribution in [-0.4, -0.2) is 20.8 Å². The highest BCUT2D eigenvalue weighted by atomic mass is 32.1. The van der Waals surface area contributed by atoms with Crippen LogP contribution in [0.5, 0.6) is 11.5 Å². The van der Waals surface area contributed by atoms with E-state index >= 15 is 0 Å². The SMILES string of the molecule is CCNC(Cc1cc(C)ccc1OC)c1sccc1OC. The second-order valence-corrected chi connectivity index (χ2v) is 5.93. The van der Waals surface area contributed by atoms with Crippen LogP contribution in [0.25, 0.3) is 0 Å². The first kappa shape index (κ1) is 15.9. The van der Waals surface area contributed by atoms with Crippen LogP contribution in [0.3, 0.4) is 0 Å². The normalized spacial score (nSPS) is 12.2. The zero-order valence-electron chi connectivity index (χ0n) is 13.1. The molecule has 0 spiro atoms. The van der Waals surface area contributed by atoms with Gasteiger partial charge >= 0.3 is 0 Å². The van der Waals surface area contributed by atoms with Gasteiger partial charge in [-0.1, -0.05) is 24.6 Å². The molecule has 0 amide bonds. The number of ether oxygens (including phenoxy) is 2. The summed E-state index contributed by atoms with van der Waals surface area (Å²) >= 11 is 1.73. The first-order valence-electron chi connectivity index (χ1n) is 7.17. The highest BCUT2D eigenvalue weighted by Gasteiger charge is 2.19. The number of nitrogens with one attached hydrogen (secondary N) is 1. The maximum Gasteiger partial charge on any atom is 0.134 e. The summed E-state index contributed by atoms with van der Waals surface area (Å²) in [5.41, 5.74) is 2.47. The van der Waals surface area contributed by atoms with Gasteiger partial charge in [0.25, 0.3) is 0 Å². The molecule has 1 aromatic heterocycles. The number of hydrogen-bond donors (Lipinski definition) is 1. The molecule has 0 fully saturated rings. The Morgan fingerprint density at radius 2 is 1.90 bits per heavy atom. The molecule has 0 saturated heterocycles. The van der Waals surface area contributed by atoms with Gasteiger partial charge in [-0.25, -0.2) is 0 Å². The zero-order valence-corrected chi connectivity index (χ0v) is 13.9. The van der Waals surface area contributed by atoms with E-state index in [1.165, 1.54) is 16.0 Å². The van der Waals surface area contributed by atoms with Gasteiger partial charge in [-0.15, -0.1) is 11.3 Å². The molecule has 4 heteroatoms. The smallest absolute Gasteiger partial charge is 0.134 e. The van der Waals surface area contributed by atoms with Crippen LogP contribution in [-0.2, 0) is 6.42 Å². The van der Waals surface area contributed by atoms with Gasteiger partial charge in [0, 0.05) is 6.04 Å². The van der Waals surface area contributed by atoms with Crippen molar-refractivity contribution in [3.63, 3.8) is 0 Å².